The van der Waals surface area contributed by atoms with E-state index in [1.54, 1.807) is 0 Å². The largest absolute Gasteiger partial charge is 0.361 e. The molecule has 0 fully saturated rings. The zero-order valence-corrected chi connectivity index (χ0v) is 15.1. The number of thioether (sulfide) groups is 1. The van der Waals surface area contributed by atoms with Crippen LogP contribution in [0.15, 0.2) is 59.5 Å². The van der Waals surface area contributed by atoms with Crippen molar-refractivity contribution >= 4 is 23.4 Å². The van der Waals surface area contributed by atoms with Crippen molar-refractivity contribution in [2.45, 2.75) is 24.8 Å². The molecule has 0 aromatic heterocycles. The van der Waals surface area contributed by atoms with Gasteiger partial charge in [-0.2, -0.15) is 0 Å². The summed E-state index contributed by atoms with van der Waals surface area (Å²) in [7, 11) is 0. The maximum Gasteiger partial charge on any atom is 0.222 e. The van der Waals surface area contributed by atoms with Crippen molar-refractivity contribution in [1.82, 2.24) is 5.32 Å². The molecule has 2 aromatic rings. The number of fused-ring (bicyclic) bond motifs is 1. The van der Waals surface area contributed by atoms with Crippen LogP contribution in [0.25, 0.3) is 0 Å². The fourth-order valence-electron chi connectivity index (χ4n) is 2.97. The van der Waals surface area contributed by atoms with Gasteiger partial charge in [0.2, 0.25) is 5.91 Å². The fraction of sp³-hybridized carbons (Fsp3) is 0.350. The summed E-state index contributed by atoms with van der Waals surface area (Å²) in [6, 6.07) is 19.5. The first kappa shape index (κ1) is 16.9. The molecule has 1 aliphatic rings. The molecule has 0 saturated carbocycles. The summed E-state index contributed by atoms with van der Waals surface area (Å²) in [5.41, 5.74) is 2.59. The standard InChI is InChI=1S/C20H24N2OS/c1-15(2)20(23)21-12-13-22-17-10-6-7-11-19(17)24-14-18(22)16-8-4-3-5-9-16/h3-11,15,18H,12-14H2,1-2H3,(H,21,23). The number of carbonyl (C=O) groups excluding carboxylic acids is 1. The summed E-state index contributed by atoms with van der Waals surface area (Å²) in [5, 5.41) is 3.04. The van der Waals surface area contributed by atoms with E-state index < -0.39 is 0 Å². The molecule has 3 rings (SSSR count). The molecule has 1 unspecified atom stereocenters. The van der Waals surface area contributed by atoms with Crippen molar-refractivity contribution in [3.63, 3.8) is 0 Å². The number of nitrogens with zero attached hydrogens (tertiary/aromatic N) is 1. The van der Waals surface area contributed by atoms with E-state index in [4.69, 9.17) is 0 Å². The Kier molecular flexibility index (Phi) is 5.46. The molecule has 1 heterocycles. The van der Waals surface area contributed by atoms with Crippen LogP contribution < -0.4 is 10.2 Å². The number of rotatable bonds is 5. The van der Waals surface area contributed by atoms with Gasteiger partial charge in [-0.25, -0.2) is 0 Å². The molecule has 1 amide bonds. The van der Waals surface area contributed by atoms with Gasteiger partial charge in [0.15, 0.2) is 0 Å². The zero-order chi connectivity index (χ0) is 16.9. The maximum absolute atomic E-state index is 11.8. The van der Waals surface area contributed by atoms with E-state index in [0.29, 0.717) is 12.6 Å². The molecule has 1 atom stereocenters. The zero-order valence-electron chi connectivity index (χ0n) is 14.2. The van der Waals surface area contributed by atoms with Crippen LogP contribution in [0.3, 0.4) is 0 Å². The SMILES string of the molecule is CC(C)C(=O)NCCN1c2ccccc2SCC1c1ccccc1. The lowest BCUT2D eigenvalue weighted by molar-refractivity contribution is -0.123. The van der Waals surface area contributed by atoms with Gasteiger partial charge in [0.05, 0.1) is 11.7 Å². The first-order valence-electron chi connectivity index (χ1n) is 8.48. The summed E-state index contributed by atoms with van der Waals surface area (Å²) < 4.78 is 0. The second kappa shape index (κ2) is 7.75. The third-order valence-corrected chi connectivity index (χ3v) is 5.45. The smallest absolute Gasteiger partial charge is 0.222 e. The van der Waals surface area contributed by atoms with Gasteiger partial charge in [0.1, 0.15) is 0 Å². The van der Waals surface area contributed by atoms with E-state index in [-0.39, 0.29) is 11.8 Å². The van der Waals surface area contributed by atoms with Crippen LogP contribution in [0.5, 0.6) is 0 Å². The minimum Gasteiger partial charge on any atom is -0.361 e. The van der Waals surface area contributed by atoms with Crippen molar-refractivity contribution in [3.05, 3.63) is 60.2 Å². The summed E-state index contributed by atoms with van der Waals surface area (Å²) in [4.78, 5) is 15.6. The van der Waals surface area contributed by atoms with Crippen molar-refractivity contribution in [3.8, 4) is 0 Å². The van der Waals surface area contributed by atoms with E-state index in [9.17, 15) is 4.79 Å². The molecule has 0 radical (unpaired) electrons. The van der Waals surface area contributed by atoms with Crippen LogP contribution in [0.2, 0.25) is 0 Å². The summed E-state index contributed by atoms with van der Waals surface area (Å²) in [6.45, 7) is 5.33. The predicted molar refractivity (Wildman–Crippen MR) is 102 cm³/mol. The van der Waals surface area contributed by atoms with Crippen LogP contribution in [-0.4, -0.2) is 24.7 Å². The Balaban J connectivity index is 1.80. The van der Waals surface area contributed by atoms with Crippen LogP contribution in [0.4, 0.5) is 5.69 Å². The van der Waals surface area contributed by atoms with Gasteiger partial charge in [0, 0.05) is 29.7 Å². The van der Waals surface area contributed by atoms with Crippen LogP contribution >= 0.6 is 11.8 Å². The van der Waals surface area contributed by atoms with E-state index >= 15 is 0 Å². The van der Waals surface area contributed by atoms with Gasteiger partial charge in [-0.3, -0.25) is 4.79 Å². The third kappa shape index (κ3) is 3.75. The molecule has 1 N–H and O–H groups in total. The van der Waals surface area contributed by atoms with Crippen LogP contribution in [0.1, 0.15) is 25.5 Å². The minimum atomic E-state index is 0.0270. The molecule has 3 nitrogen and oxygen atoms in total. The van der Waals surface area contributed by atoms with E-state index in [0.717, 1.165) is 12.3 Å². The van der Waals surface area contributed by atoms with Crippen LogP contribution in [-0.2, 0) is 4.79 Å². The normalized spacial score (nSPS) is 16.8. The Morgan fingerprint density at radius 2 is 1.88 bits per heavy atom. The number of nitrogens with one attached hydrogen (secondary N) is 1. The summed E-state index contributed by atoms with van der Waals surface area (Å²) in [6.07, 6.45) is 0. The molecule has 0 bridgehead atoms. The fourth-order valence-corrected chi connectivity index (χ4v) is 4.19. The number of hydrogen-bond acceptors (Lipinski definition) is 3. The molecule has 0 aliphatic carbocycles. The first-order chi connectivity index (χ1) is 11.7. The monoisotopic (exact) mass is 340 g/mol. The number of hydrogen-bond donors (Lipinski definition) is 1. The summed E-state index contributed by atoms with van der Waals surface area (Å²) in [5.74, 6) is 1.17. The average molecular weight is 340 g/mol. The van der Waals surface area contributed by atoms with Gasteiger partial charge < -0.3 is 10.2 Å². The van der Waals surface area contributed by atoms with Gasteiger partial charge in [0.25, 0.3) is 0 Å². The molecular formula is C20H24N2OS. The topological polar surface area (TPSA) is 32.3 Å². The third-order valence-electron chi connectivity index (χ3n) is 4.31. The second-order valence-electron chi connectivity index (χ2n) is 6.34. The first-order valence-corrected chi connectivity index (χ1v) is 9.46. The number of benzene rings is 2. The highest BCUT2D eigenvalue weighted by Gasteiger charge is 2.27. The average Bonchev–Trinajstić information content (AvgIpc) is 2.62. The van der Waals surface area contributed by atoms with Gasteiger partial charge in [-0.1, -0.05) is 56.3 Å². The number of anilines is 1. The van der Waals surface area contributed by atoms with E-state index in [1.807, 2.05) is 25.6 Å². The molecule has 4 heteroatoms. The Bertz CT molecular complexity index is 687. The second-order valence-corrected chi connectivity index (χ2v) is 7.41. The van der Waals surface area contributed by atoms with Crippen LogP contribution in [0, 0.1) is 5.92 Å². The highest BCUT2D eigenvalue weighted by Crippen LogP contribution is 2.42. The highest BCUT2D eigenvalue weighted by atomic mass is 32.2. The summed E-state index contributed by atoms with van der Waals surface area (Å²) >= 11 is 1.91. The molecule has 126 valence electrons. The quantitative estimate of drug-likeness (QED) is 0.889. The Labute approximate surface area is 148 Å². The molecular weight excluding hydrogens is 316 g/mol. The Morgan fingerprint density at radius 1 is 1.17 bits per heavy atom. The predicted octanol–water partition coefficient (Wildman–Crippen LogP) is 4.11. The van der Waals surface area contributed by atoms with Crippen molar-refractivity contribution < 1.29 is 4.79 Å². The highest BCUT2D eigenvalue weighted by molar-refractivity contribution is 7.99. The number of carbonyl (C=O) groups is 1. The molecule has 1 aliphatic heterocycles. The lowest BCUT2D eigenvalue weighted by atomic mass is 10.1. The van der Waals surface area contributed by atoms with Gasteiger partial charge in [-0.15, -0.1) is 11.8 Å². The van der Waals surface area contributed by atoms with Gasteiger partial charge in [-0.05, 0) is 17.7 Å². The van der Waals surface area contributed by atoms with E-state index in [1.165, 1.54) is 16.1 Å². The minimum absolute atomic E-state index is 0.0270. The molecule has 0 spiro atoms. The molecule has 2 aromatic carbocycles. The Morgan fingerprint density at radius 3 is 2.62 bits per heavy atom. The van der Waals surface area contributed by atoms with Crippen molar-refractivity contribution in [2.75, 3.05) is 23.7 Å². The lowest BCUT2D eigenvalue weighted by Crippen LogP contribution is -2.40. The van der Waals surface area contributed by atoms with Crippen molar-refractivity contribution in [2.24, 2.45) is 5.92 Å². The Hall–Kier alpha value is -1.94. The number of amides is 1. The number of para-hydroxylation sites is 1. The van der Waals surface area contributed by atoms with Gasteiger partial charge >= 0.3 is 0 Å². The van der Waals surface area contributed by atoms with E-state index in [2.05, 4.69) is 64.8 Å². The lowest BCUT2D eigenvalue weighted by Gasteiger charge is -2.39. The maximum atomic E-state index is 11.8. The molecule has 24 heavy (non-hydrogen) atoms. The van der Waals surface area contributed by atoms with Crippen molar-refractivity contribution in [1.29, 1.82) is 0 Å². The molecule has 0 saturated heterocycles.